The molecule has 1 aromatic carbocycles. The molecule has 4 nitrogen and oxygen atoms in total. The lowest BCUT2D eigenvalue weighted by molar-refractivity contribution is -0.146. The lowest BCUT2D eigenvalue weighted by Crippen LogP contribution is -2.47. The Balaban J connectivity index is 2.03. The number of piperidine rings is 1. The number of hydrogen-bond acceptors (Lipinski definition) is 2. The molecule has 0 unspecified atom stereocenters. The minimum Gasteiger partial charge on any atom is -0.481 e. The van der Waals surface area contributed by atoms with Crippen LogP contribution in [0.5, 0.6) is 0 Å². The topological polar surface area (TPSA) is 57.6 Å². The SMILES string of the molecule is C[C@H]1CC[C@@H](C(=O)O)CN1C(=O)Cc1ccc(F)cc1. The van der Waals surface area contributed by atoms with Gasteiger partial charge in [0.1, 0.15) is 5.82 Å². The van der Waals surface area contributed by atoms with Crippen molar-refractivity contribution in [2.45, 2.75) is 32.2 Å². The quantitative estimate of drug-likeness (QED) is 0.921. The normalized spacial score (nSPS) is 22.6. The number of benzene rings is 1. The zero-order chi connectivity index (χ0) is 14.7. The van der Waals surface area contributed by atoms with Crippen molar-refractivity contribution in [2.24, 2.45) is 5.92 Å². The number of amides is 1. The van der Waals surface area contributed by atoms with E-state index in [4.69, 9.17) is 5.11 Å². The van der Waals surface area contributed by atoms with Crippen LogP contribution in [0.25, 0.3) is 0 Å². The third-order valence-electron chi connectivity index (χ3n) is 3.82. The van der Waals surface area contributed by atoms with Gasteiger partial charge in [-0.3, -0.25) is 9.59 Å². The summed E-state index contributed by atoms with van der Waals surface area (Å²) in [5.41, 5.74) is 0.737. The molecule has 0 saturated carbocycles. The molecule has 108 valence electrons. The van der Waals surface area contributed by atoms with Crippen LogP contribution >= 0.6 is 0 Å². The van der Waals surface area contributed by atoms with Gasteiger partial charge in [-0.05, 0) is 37.5 Å². The van der Waals surface area contributed by atoms with Crippen LogP contribution in [0.1, 0.15) is 25.3 Å². The molecule has 0 bridgehead atoms. The lowest BCUT2D eigenvalue weighted by Gasteiger charge is -2.36. The van der Waals surface area contributed by atoms with Crippen LogP contribution < -0.4 is 0 Å². The number of nitrogens with zero attached hydrogens (tertiary/aromatic N) is 1. The van der Waals surface area contributed by atoms with E-state index in [1.807, 2.05) is 6.92 Å². The van der Waals surface area contributed by atoms with Crippen LogP contribution in [-0.2, 0) is 16.0 Å². The highest BCUT2D eigenvalue weighted by atomic mass is 19.1. The number of likely N-dealkylation sites (tertiary alicyclic amines) is 1. The maximum atomic E-state index is 12.8. The number of aliphatic carboxylic acids is 1. The van der Waals surface area contributed by atoms with Gasteiger partial charge in [0.25, 0.3) is 0 Å². The summed E-state index contributed by atoms with van der Waals surface area (Å²) in [5.74, 6) is -1.77. The van der Waals surface area contributed by atoms with E-state index in [2.05, 4.69) is 0 Å². The largest absolute Gasteiger partial charge is 0.481 e. The second-order valence-corrected chi connectivity index (χ2v) is 5.31. The standard InChI is InChI=1S/C15H18FNO3/c1-10-2-5-12(15(19)20)9-17(10)14(18)8-11-3-6-13(16)7-4-11/h3-4,6-7,10,12H,2,5,8-9H2,1H3,(H,19,20)/t10-,12+/m0/s1. The van der Waals surface area contributed by atoms with Crippen molar-refractivity contribution in [1.29, 1.82) is 0 Å². The van der Waals surface area contributed by atoms with E-state index in [1.165, 1.54) is 12.1 Å². The molecule has 1 heterocycles. The third kappa shape index (κ3) is 3.35. The van der Waals surface area contributed by atoms with Gasteiger partial charge in [-0.25, -0.2) is 4.39 Å². The molecule has 0 aliphatic carbocycles. The predicted octanol–water partition coefficient (Wildman–Crippen LogP) is 2.08. The van der Waals surface area contributed by atoms with Crippen LogP contribution in [0.4, 0.5) is 4.39 Å². The third-order valence-corrected chi connectivity index (χ3v) is 3.82. The van der Waals surface area contributed by atoms with E-state index in [0.717, 1.165) is 5.56 Å². The molecule has 1 amide bonds. The summed E-state index contributed by atoms with van der Waals surface area (Å²) in [7, 11) is 0. The molecular weight excluding hydrogens is 261 g/mol. The highest BCUT2D eigenvalue weighted by Gasteiger charge is 2.32. The van der Waals surface area contributed by atoms with Gasteiger partial charge in [-0.15, -0.1) is 0 Å². The second-order valence-electron chi connectivity index (χ2n) is 5.31. The first kappa shape index (κ1) is 14.5. The average molecular weight is 279 g/mol. The minimum absolute atomic E-state index is 0.0542. The fourth-order valence-electron chi connectivity index (χ4n) is 2.53. The molecule has 0 aromatic heterocycles. The number of carboxylic acids is 1. The molecule has 2 atom stereocenters. The van der Waals surface area contributed by atoms with Gasteiger partial charge in [0.2, 0.25) is 5.91 Å². The minimum atomic E-state index is -0.850. The molecule has 0 spiro atoms. The van der Waals surface area contributed by atoms with Crippen LogP contribution in [0, 0.1) is 11.7 Å². The molecule has 1 aromatic rings. The summed E-state index contributed by atoms with van der Waals surface area (Å²) in [6, 6.07) is 5.86. The lowest BCUT2D eigenvalue weighted by atomic mass is 9.93. The number of halogens is 1. The zero-order valence-corrected chi connectivity index (χ0v) is 11.4. The molecule has 1 saturated heterocycles. The molecule has 2 rings (SSSR count). The smallest absolute Gasteiger partial charge is 0.308 e. The summed E-state index contributed by atoms with van der Waals surface area (Å²) >= 11 is 0. The zero-order valence-electron chi connectivity index (χ0n) is 11.4. The van der Waals surface area contributed by atoms with E-state index in [-0.39, 0.29) is 30.7 Å². The Bertz CT molecular complexity index is 500. The average Bonchev–Trinajstić information content (AvgIpc) is 2.41. The van der Waals surface area contributed by atoms with Crippen molar-refractivity contribution in [3.8, 4) is 0 Å². The van der Waals surface area contributed by atoms with Gasteiger partial charge in [-0.2, -0.15) is 0 Å². The van der Waals surface area contributed by atoms with Crippen molar-refractivity contribution in [2.75, 3.05) is 6.54 Å². The fraction of sp³-hybridized carbons (Fsp3) is 0.467. The number of hydrogen-bond donors (Lipinski definition) is 1. The first-order chi connectivity index (χ1) is 9.47. The number of carbonyl (C=O) groups is 2. The summed E-state index contributed by atoms with van der Waals surface area (Å²) in [6.07, 6.45) is 1.49. The van der Waals surface area contributed by atoms with Crippen molar-refractivity contribution in [1.82, 2.24) is 4.90 Å². The molecule has 1 N–H and O–H groups in total. The van der Waals surface area contributed by atoms with Gasteiger partial charge in [-0.1, -0.05) is 12.1 Å². The molecule has 1 aliphatic heterocycles. The Hall–Kier alpha value is -1.91. The Labute approximate surface area is 117 Å². The highest BCUT2D eigenvalue weighted by molar-refractivity contribution is 5.80. The summed E-state index contributed by atoms with van der Waals surface area (Å²) in [5, 5.41) is 9.06. The van der Waals surface area contributed by atoms with E-state index in [1.54, 1.807) is 17.0 Å². The maximum Gasteiger partial charge on any atom is 0.308 e. The van der Waals surface area contributed by atoms with Crippen molar-refractivity contribution < 1.29 is 19.1 Å². The van der Waals surface area contributed by atoms with E-state index >= 15 is 0 Å². The predicted molar refractivity (Wildman–Crippen MR) is 71.6 cm³/mol. The molecule has 1 fully saturated rings. The van der Waals surface area contributed by atoms with Crippen LogP contribution in [0.15, 0.2) is 24.3 Å². The van der Waals surface area contributed by atoms with Crippen LogP contribution in [-0.4, -0.2) is 34.5 Å². The number of rotatable bonds is 3. The van der Waals surface area contributed by atoms with Gasteiger partial charge in [0.15, 0.2) is 0 Å². The Morgan fingerprint density at radius 1 is 1.30 bits per heavy atom. The Morgan fingerprint density at radius 2 is 1.95 bits per heavy atom. The molecule has 1 aliphatic rings. The van der Waals surface area contributed by atoms with Gasteiger partial charge < -0.3 is 10.0 Å². The van der Waals surface area contributed by atoms with Crippen molar-refractivity contribution in [3.63, 3.8) is 0 Å². The van der Waals surface area contributed by atoms with Crippen molar-refractivity contribution >= 4 is 11.9 Å². The van der Waals surface area contributed by atoms with Gasteiger partial charge in [0, 0.05) is 12.6 Å². The Kier molecular flexibility index (Phi) is 4.37. The monoisotopic (exact) mass is 279 g/mol. The maximum absolute atomic E-state index is 12.8. The highest BCUT2D eigenvalue weighted by Crippen LogP contribution is 2.23. The van der Waals surface area contributed by atoms with Gasteiger partial charge >= 0.3 is 5.97 Å². The van der Waals surface area contributed by atoms with Crippen LogP contribution in [0.3, 0.4) is 0 Å². The van der Waals surface area contributed by atoms with E-state index in [0.29, 0.717) is 12.8 Å². The molecular formula is C15H18FNO3. The van der Waals surface area contributed by atoms with Gasteiger partial charge in [0.05, 0.1) is 12.3 Å². The van der Waals surface area contributed by atoms with E-state index < -0.39 is 11.9 Å². The first-order valence-corrected chi connectivity index (χ1v) is 6.74. The summed E-state index contributed by atoms with van der Waals surface area (Å²) < 4.78 is 12.8. The number of carbonyl (C=O) groups excluding carboxylic acids is 1. The fourth-order valence-corrected chi connectivity index (χ4v) is 2.53. The van der Waals surface area contributed by atoms with Crippen LogP contribution in [0.2, 0.25) is 0 Å². The molecule has 0 radical (unpaired) electrons. The summed E-state index contributed by atoms with van der Waals surface area (Å²) in [6.45, 7) is 2.19. The molecule has 5 heteroatoms. The second kappa shape index (κ2) is 6.03. The first-order valence-electron chi connectivity index (χ1n) is 6.74. The Morgan fingerprint density at radius 3 is 2.55 bits per heavy atom. The number of carboxylic acid groups (broad SMARTS) is 1. The van der Waals surface area contributed by atoms with E-state index in [9.17, 15) is 14.0 Å². The molecule has 20 heavy (non-hydrogen) atoms. The summed E-state index contributed by atoms with van der Waals surface area (Å²) in [4.78, 5) is 24.9. The van der Waals surface area contributed by atoms with Crippen molar-refractivity contribution in [3.05, 3.63) is 35.6 Å².